The maximum absolute atomic E-state index is 12.0. The van der Waals surface area contributed by atoms with Crippen molar-refractivity contribution >= 4 is 17.9 Å². The lowest BCUT2D eigenvalue weighted by atomic mass is 10.2. The summed E-state index contributed by atoms with van der Waals surface area (Å²) in [5.74, 6) is 1.08. The first-order valence-electron chi connectivity index (χ1n) is 5.54. The van der Waals surface area contributed by atoms with Crippen LogP contribution in [0.4, 0.5) is 5.69 Å². The molecule has 1 aromatic carbocycles. The smallest absolute Gasteiger partial charge is 0.259 e. The summed E-state index contributed by atoms with van der Waals surface area (Å²) in [5.41, 5.74) is 1.74. The molecule has 0 saturated heterocycles. The number of hydrogen-bond donors (Lipinski definition) is 1. The summed E-state index contributed by atoms with van der Waals surface area (Å²) in [6.07, 6.45) is 0.759. The van der Waals surface area contributed by atoms with Crippen molar-refractivity contribution in [3.8, 4) is 0 Å². The van der Waals surface area contributed by atoms with Gasteiger partial charge in [-0.3, -0.25) is 9.59 Å². The highest BCUT2D eigenvalue weighted by molar-refractivity contribution is 6.05. The fraction of sp³-hybridized carbons (Fsp3) is 0.143. The van der Waals surface area contributed by atoms with Crippen LogP contribution in [0.25, 0.3) is 0 Å². The number of hydrogen-bond acceptors (Lipinski definition) is 3. The first kappa shape index (κ1) is 12.1. The SMILES string of the molecule is Cc1cc(C(=O)Nc2ccc(C=O)cc2)c(C)o1. The number of benzene rings is 1. The van der Waals surface area contributed by atoms with Gasteiger partial charge in [0.1, 0.15) is 17.8 Å². The minimum Gasteiger partial charge on any atom is -0.466 e. The zero-order valence-electron chi connectivity index (χ0n) is 10.2. The zero-order chi connectivity index (χ0) is 13.1. The fourth-order valence-corrected chi connectivity index (χ4v) is 1.70. The van der Waals surface area contributed by atoms with E-state index in [0.29, 0.717) is 28.3 Å². The molecule has 0 aliphatic heterocycles. The Balaban J connectivity index is 2.15. The molecular formula is C14H13NO3. The Hall–Kier alpha value is -2.36. The molecule has 2 rings (SSSR count). The molecule has 92 valence electrons. The van der Waals surface area contributed by atoms with Crippen LogP contribution in [0, 0.1) is 13.8 Å². The van der Waals surface area contributed by atoms with E-state index in [1.165, 1.54) is 0 Å². The maximum Gasteiger partial charge on any atom is 0.259 e. The van der Waals surface area contributed by atoms with Gasteiger partial charge >= 0.3 is 0 Å². The van der Waals surface area contributed by atoms with E-state index in [4.69, 9.17) is 4.42 Å². The summed E-state index contributed by atoms with van der Waals surface area (Å²) in [6, 6.07) is 8.37. The van der Waals surface area contributed by atoms with Crippen LogP contribution in [0.2, 0.25) is 0 Å². The molecule has 0 saturated carbocycles. The fourth-order valence-electron chi connectivity index (χ4n) is 1.70. The molecule has 0 radical (unpaired) electrons. The van der Waals surface area contributed by atoms with Crippen molar-refractivity contribution in [2.45, 2.75) is 13.8 Å². The first-order chi connectivity index (χ1) is 8.60. The number of carbonyl (C=O) groups excluding carboxylic acids is 2. The highest BCUT2D eigenvalue weighted by Crippen LogP contribution is 2.16. The van der Waals surface area contributed by atoms with Crippen molar-refractivity contribution < 1.29 is 14.0 Å². The molecule has 1 N–H and O–H groups in total. The van der Waals surface area contributed by atoms with Gasteiger partial charge < -0.3 is 9.73 Å². The van der Waals surface area contributed by atoms with Crippen molar-refractivity contribution in [1.82, 2.24) is 0 Å². The third-order valence-electron chi connectivity index (χ3n) is 2.59. The van der Waals surface area contributed by atoms with Crippen molar-refractivity contribution in [2.75, 3.05) is 5.32 Å². The molecule has 1 aromatic heterocycles. The van der Waals surface area contributed by atoms with Crippen LogP contribution in [0.15, 0.2) is 34.7 Å². The Morgan fingerprint density at radius 3 is 2.39 bits per heavy atom. The molecule has 4 nitrogen and oxygen atoms in total. The van der Waals surface area contributed by atoms with Gasteiger partial charge in [-0.2, -0.15) is 0 Å². The number of aryl methyl sites for hydroxylation is 2. The van der Waals surface area contributed by atoms with Gasteiger partial charge in [-0.05, 0) is 44.2 Å². The molecule has 0 aliphatic rings. The Morgan fingerprint density at radius 2 is 1.89 bits per heavy atom. The molecule has 0 fully saturated rings. The third-order valence-corrected chi connectivity index (χ3v) is 2.59. The summed E-state index contributed by atoms with van der Waals surface area (Å²) < 4.78 is 5.30. The summed E-state index contributed by atoms with van der Waals surface area (Å²) in [7, 11) is 0. The van der Waals surface area contributed by atoms with Crippen LogP contribution < -0.4 is 5.32 Å². The number of aldehydes is 1. The number of carbonyl (C=O) groups is 2. The highest BCUT2D eigenvalue weighted by atomic mass is 16.3. The largest absolute Gasteiger partial charge is 0.466 e. The molecule has 0 aliphatic carbocycles. The molecule has 0 bridgehead atoms. The van der Waals surface area contributed by atoms with Gasteiger partial charge in [0.2, 0.25) is 0 Å². The van der Waals surface area contributed by atoms with E-state index in [1.54, 1.807) is 44.2 Å². The Kier molecular flexibility index (Phi) is 3.28. The standard InChI is InChI=1S/C14H13NO3/c1-9-7-13(10(2)18-9)14(17)15-12-5-3-11(8-16)4-6-12/h3-8H,1-2H3,(H,15,17). The number of rotatable bonds is 3. The predicted molar refractivity (Wildman–Crippen MR) is 68.0 cm³/mol. The first-order valence-corrected chi connectivity index (χ1v) is 5.54. The molecular weight excluding hydrogens is 230 g/mol. The van der Waals surface area contributed by atoms with Gasteiger partial charge in [0, 0.05) is 11.3 Å². The van der Waals surface area contributed by atoms with Crippen molar-refractivity contribution in [3.63, 3.8) is 0 Å². The van der Waals surface area contributed by atoms with Crippen LogP contribution in [0.3, 0.4) is 0 Å². The molecule has 2 aromatic rings. The number of furan rings is 1. The minimum atomic E-state index is -0.219. The van der Waals surface area contributed by atoms with Crippen LogP contribution in [-0.4, -0.2) is 12.2 Å². The molecule has 0 unspecified atom stereocenters. The molecule has 0 spiro atoms. The van der Waals surface area contributed by atoms with E-state index in [0.717, 1.165) is 6.29 Å². The third kappa shape index (κ3) is 2.48. The number of nitrogens with one attached hydrogen (secondary N) is 1. The van der Waals surface area contributed by atoms with Crippen LogP contribution >= 0.6 is 0 Å². The average molecular weight is 243 g/mol. The van der Waals surface area contributed by atoms with Gasteiger partial charge in [-0.15, -0.1) is 0 Å². The van der Waals surface area contributed by atoms with Crippen LogP contribution in [-0.2, 0) is 0 Å². The van der Waals surface area contributed by atoms with Crippen LogP contribution in [0.5, 0.6) is 0 Å². The predicted octanol–water partition coefficient (Wildman–Crippen LogP) is 2.96. The topological polar surface area (TPSA) is 59.3 Å². The van der Waals surface area contributed by atoms with Crippen molar-refractivity contribution in [1.29, 1.82) is 0 Å². The average Bonchev–Trinajstić information content (AvgIpc) is 2.69. The summed E-state index contributed by atoms with van der Waals surface area (Å²) in [4.78, 5) is 22.5. The normalized spacial score (nSPS) is 10.1. The lowest BCUT2D eigenvalue weighted by molar-refractivity contribution is 0.102. The van der Waals surface area contributed by atoms with Crippen molar-refractivity contribution in [2.24, 2.45) is 0 Å². The molecule has 18 heavy (non-hydrogen) atoms. The van der Waals surface area contributed by atoms with E-state index in [2.05, 4.69) is 5.32 Å². The summed E-state index contributed by atoms with van der Waals surface area (Å²) in [6.45, 7) is 3.54. The zero-order valence-corrected chi connectivity index (χ0v) is 10.2. The van der Waals surface area contributed by atoms with E-state index < -0.39 is 0 Å². The Morgan fingerprint density at radius 1 is 1.22 bits per heavy atom. The second-order valence-corrected chi connectivity index (χ2v) is 4.02. The van der Waals surface area contributed by atoms with Crippen LogP contribution in [0.1, 0.15) is 32.2 Å². The minimum absolute atomic E-state index is 0.219. The van der Waals surface area contributed by atoms with Gasteiger partial charge in [0.25, 0.3) is 5.91 Å². The Labute approximate surface area is 105 Å². The van der Waals surface area contributed by atoms with E-state index in [9.17, 15) is 9.59 Å². The molecule has 1 amide bonds. The second-order valence-electron chi connectivity index (χ2n) is 4.02. The molecule has 0 atom stereocenters. The summed E-state index contributed by atoms with van der Waals surface area (Å²) in [5, 5.41) is 2.75. The quantitative estimate of drug-likeness (QED) is 0.843. The van der Waals surface area contributed by atoms with Gasteiger partial charge in [-0.25, -0.2) is 0 Å². The Bertz CT molecular complexity index is 582. The van der Waals surface area contributed by atoms with Crippen molar-refractivity contribution in [3.05, 3.63) is 53.0 Å². The lowest BCUT2D eigenvalue weighted by Gasteiger charge is -2.04. The molecule has 4 heteroatoms. The van der Waals surface area contributed by atoms with Gasteiger partial charge in [0.15, 0.2) is 0 Å². The lowest BCUT2D eigenvalue weighted by Crippen LogP contribution is -2.12. The monoisotopic (exact) mass is 243 g/mol. The second kappa shape index (κ2) is 4.87. The van der Waals surface area contributed by atoms with E-state index in [-0.39, 0.29) is 5.91 Å². The van der Waals surface area contributed by atoms with Gasteiger partial charge in [0.05, 0.1) is 5.56 Å². The highest BCUT2D eigenvalue weighted by Gasteiger charge is 2.13. The molecule has 1 heterocycles. The van der Waals surface area contributed by atoms with E-state index >= 15 is 0 Å². The number of amides is 1. The van der Waals surface area contributed by atoms with E-state index in [1.807, 2.05) is 0 Å². The van der Waals surface area contributed by atoms with Gasteiger partial charge in [-0.1, -0.05) is 0 Å². The number of anilines is 1. The summed E-state index contributed by atoms with van der Waals surface area (Å²) >= 11 is 0. The maximum atomic E-state index is 12.0.